The summed E-state index contributed by atoms with van der Waals surface area (Å²) in [4.78, 5) is 12.5. The molecule has 0 aliphatic heterocycles. The van der Waals surface area contributed by atoms with Gasteiger partial charge >= 0.3 is 0 Å². The number of unbranched alkanes of at least 4 members (excludes halogenated alkanes) is 44. The number of carbonyl (C=O) groups is 1. The molecule has 0 heterocycles. The summed E-state index contributed by atoms with van der Waals surface area (Å²) in [5.74, 6) is -0.0578. The van der Waals surface area contributed by atoms with Crippen molar-refractivity contribution >= 4 is 5.91 Å². The zero-order valence-corrected chi connectivity index (χ0v) is 42.4. The van der Waals surface area contributed by atoms with Crippen LogP contribution in [0.3, 0.4) is 0 Å². The second kappa shape index (κ2) is 54.2. The van der Waals surface area contributed by atoms with Crippen LogP contribution in [0.15, 0.2) is 24.3 Å². The van der Waals surface area contributed by atoms with E-state index >= 15 is 0 Å². The van der Waals surface area contributed by atoms with Gasteiger partial charge in [0.25, 0.3) is 0 Å². The minimum absolute atomic E-state index is 0.0578. The Morgan fingerprint density at radius 1 is 0.371 bits per heavy atom. The number of amides is 1. The molecule has 0 aromatic heterocycles. The van der Waals surface area contributed by atoms with Crippen molar-refractivity contribution in [3.63, 3.8) is 0 Å². The Bertz CT molecular complexity index is 901. The quantitative estimate of drug-likeness (QED) is 0.0421. The first-order valence-corrected chi connectivity index (χ1v) is 28.6. The third-order valence-electron chi connectivity index (χ3n) is 13.4. The number of carbonyl (C=O) groups excluding carboxylic acids is 1. The van der Waals surface area contributed by atoms with Gasteiger partial charge in [-0.3, -0.25) is 4.79 Å². The SMILES string of the molecule is CCCCCCCCCC/C=C\CCCCCCCCCCCCCCCCCC(=O)NC(CO)C(O)/C=C/CCCCCCCCCCCCCCCCCCCCCCC. The third-order valence-corrected chi connectivity index (χ3v) is 13.4. The molecular formula is C58H113NO3. The minimum Gasteiger partial charge on any atom is -0.394 e. The molecule has 62 heavy (non-hydrogen) atoms. The number of rotatable bonds is 53. The normalized spacial score (nSPS) is 12.9. The van der Waals surface area contributed by atoms with Crippen molar-refractivity contribution in [2.24, 2.45) is 0 Å². The van der Waals surface area contributed by atoms with E-state index in [1.165, 1.54) is 276 Å². The Kier molecular flexibility index (Phi) is 53.2. The summed E-state index contributed by atoms with van der Waals surface area (Å²) >= 11 is 0. The second-order valence-electron chi connectivity index (χ2n) is 19.7. The molecule has 0 aliphatic carbocycles. The fourth-order valence-electron chi connectivity index (χ4n) is 9.06. The van der Waals surface area contributed by atoms with Crippen molar-refractivity contribution in [3.8, 4) is 0 Å². The zero-order valence-electron chi connectivity index (χ0n) is 42.4. The number of hydrogen-bond donors (Lipinski definition) is 3. The van der Waals surface area contributed by atoms with Crippen molar-refractivity contribution in [1.82, 2.24) is 5.32 Å². The molecule has 0 spiro atoms. The van der Waals surface area contributed by atoms with E-state index in [-0.39, 0.29) is 12.5 Å². The molecule has 0 fully saturated rings. The van der Waals surface area contributed by atoms with Gasteiger partial charge in [-0.15, -0.1) is 0 Å². The molecule has 0 saturated heterocycles. The summed E-state index contributed by atoms with van der Waals surface area (Å²) in [6.45, 7) is 4.35. The standard InChI is InChI=1S/C58H113NO3/c1-3-5-7-9-11-13-15-17-19-21-23-25-27-28-29-30-32-34-36-38-40-42-44-46-48-50-52-54-58(62)59-56(55-60)57(61)53-51-49-47-45-43-41-39-37-35-33-31-26-24-22-20-18-16-14-12-10-8-6-4-2/h21,23,51,53,56-57,60-61H,3-20,22,24-50,52,54-55H2,1-2H3,(H,59,62)/b23-21-,53-51+. The largest absolute Gasteiger partial charge is 0.394 e. The number of allylic oxidation sites excluding steroid dienone is 3. The summed E-state index contributed by atoms with van der Waals surface area (Å²) < 4.78 is 0. The highest BCUT2D eigenvalue weighted by atomic mass is 16.3. The molecule has 4 heteroatoms. The Balaban J connectivity index is 3.46. The Hall–Kier alpha value is -1.13. The molecule has 0 saturated carbocycles. The topological polar surface area (TPSA) is 69.6 Å². The average Bonchev–Trinajstić information content (AvgIpc) is 3.28. The summed E-state index contributed by atoms with van der Waals surface area (Å²) in [6.07, 6.45) is 72.0. The molecule has 0 radical (unpaired) electrons. The van der Waals surface area contributed by atoms with Gasteiger partial charge in [-0.05, 0) is 44.9 Å². The molecular weight excluding hydrogens is 759 g/mol. The van der Waals surface area contributed by atoms with Gasteiger partial charge in [0.1, 0.15) is 0 Å². The van der Waals surface area contributed by atoms with Crippen LogP contribution >= 0.6 is 0 Å². The van der Waals surface area contributed by atoms with Crippen LogP contribution in [0.25, 0.3) is 0 Å². The first-order valence-electron chi connectivity index (χ1n) is 28.6. The molecule has 0 aromatic rings. The first kappa shape index (κ1) is 60.9. The average molecular weight is 873 g/mol. The lowest BCUT2D eigenvalue weighted by molar-refractivity contribution is -0.123. The molecule has 2 atom stereocenters. The fourth-order valence-corrected chi connectivity index (χ4v) is 9.06. The maximum atomic E-state index is 12.5. The van der Waals surface area contributed by atoms with E-state index in [1.807, 2.05) is 6.08 Å². The van der Waals surface area contributed by atoms with E-state index in [9.17, 15) is 15.0 Å². The Labute approximate surface area is 389 Å². The van der Waals surface area contributed by atoms with Crippen molar-refractivity contribution < 1.29 is 15.0 Å². The number of hydrogen-bond acceptors (Lipinski definition) is 3. The van der Waals surface area contributed by atoms with Crippen molar-refractivity contribution in [1.29, 1.82) is 0 Å². The van der Waals surface area contributed by atoms with Gasteiger partial charge in [0.2, 0.25) is 5.91 Å². The Morgan fingerprint density at radius 2 is 0.613 bits per heavy atom. The lowest BCUT2D eigenvalue weighted by Crippen LogP contribution is -2.45. The van der Waals surface area contributed by atoms with E-state index in [4.69, 9.17) is 0 Å². The van der Waals surface area contributed by atoms with Crippen LogP contribution < -0.4 is 5.32 Å². The monoisotopic (exact) mass is 872 g/mol. The minimum atomic E-state index is -0.837. The van der Waals surface area contributed by atoms with Crippen LogP contribution in [0, 0.1) is 0 Å². The lowest BCUT2D eigenvalue weighted by atomic mass is 10.0. The summed E-state index contributed by atoms with van der Waals surface area (Å²) in [7, 11) is 0. The fraction of sp³-hybridized carbons (Fsp3) is 0.914. The molecule has 1 amide bonds. The van der Waals surface area contributed by atoms with Crippen molar-refractivity contribution in [2.45, 2.75) is 334 Å². The molecule has 3 N–H and O–H groups in total. The van der Waals surface area contributed by atoms with E-state index in [0.717, 1.165) is 25.7 Å². The number of aliphatic hydroxyl groups excluding tert-OH is 2. The van der Waals surface area contributed by atoms with Crippen LogP contribution in [0.4, 0.5) is 0 Å². The molecule has 368 valence electrons. The van der Waals surface area contributed by atoms with Gasteiger partial charge in [0, 0.05) is 6.42 Å². The molecule has 0 rings (SSSR count). The van der Waals surface area contributed by atoms with E-state index < -0.39 is 12.1 Å². The third kappa shape index (κ3) is 49.9. The van der Waals surface area contributed by atoms with E-state index in [0.29, 0.717) is 6.42 Å². The van der Waals surface area contributed by atoms with Crippen molar-refractivity contribution in [2.75, 3.05) is 6.61 Å². The van der Waals surface area contributed by atoms with Crippen LogP contribution in [0.1, 0.15) is 322 Å². The molecule has 0 bridgehead atoms. The number of aliphatic hydroxyl groups is 2. The molecule has 2 unspecified atom stereocenters. The summed E-state index contributed by atoms with van der Waals surface area (Å²) in [6, 6.07) is -0.620. The maximum absolute atomic E-state index is 12.5. The predicted octanol–water partition coefficient (Wildman–Crippen LogP) is 18.7. The summed E-state index contributed by atoms with van der Waals surface area (Å²) in [5, 5.41) is 23.2. The van der Waals surface area contributed by atoms with Gasteiger partial charge in [0.05, 0.1) is 18.8 Å². The van der Waals surface area contributed by atoms with Gasteiger partial charge in [-0.25, -0.2) is 0 Å². The van der Waals surface area contributed by atoms with E-state index in [2.05, 4.69) is 31.3 Å². The van der Waals surface area contributed by atoms with Gasteiger partial charge in [-0.1, -0.05) is 295 Å². The lowest BCUT2D eigenvalue weighted by Gasteiger charge is -2.20. The smallest absolute Gasteiger partial charge is 0.220 e. The van der Waals surface area contributed by atoms with Crippen LogP contribution in [0.5, 0.6) is 0 Å². The molecule has 4 nitrogen and oxygen atoms in total. The highest BCUT2D eigenvalue weighted by molar-refractivity contribution is 5.76. The maximum Gasteiger partial charge on any atom is 0.220 e. The van der Waals surface area contributed by atoms with Crippen molar-refractivity contribution in [3.05, 3.63) is 24.3 Å². The number of nitrogens with one attached hydrogen (secondary N) is 1. The highest BCUT2D eigenvalue weighted by Crippen LogP contribution is 2.17. The molecule has 0 aliphatic rings. The summed E-state index contributed by atoms with van der Waals surface area (Å²) in [5.41, 5.74) is 0. The van der Waals surface area contributed by atoms with Gasteiger partial charge < -0.3 is 15.5 Å². The zero-order chi connectivity index (χ0) is 44.9. The van der Waals surface area contributed by atoms with Crippen LogP contribution in [-0.2, 0) is 4.79 Å². The van der Waals surface area contributed by atoms with Gasteiger partial charge in [0.15, 0.2) is 0 Å². The Morgan fingerprint density at radius 3 is 0.887 bits per heavy atom. The van der Waals surface area contributed by atoms with Crippen LogP contribution in [-0.4, -0.2) is 34.9 Å². The first-order chi connectivity index (χ1) is 30.7. The van der Waals surface area contributed by atoms with Crippen LogP contribution in [0.2, 0.25) is 0 Å². The second-order valence-corrected chi connectivity index (χ2v) is 19.7. The molecule has 0 aromatic carbocycles. The van der Waals surface area contributed by atoms with Gasteiger partial charge in [-0.2, -0.15) is 0 Å². The highest BCUT2D eigenvalue weighted by Gasteiger charge is 2.18. The predicted molar refractivity (Wildman–Crippen MR) is 276 cm³/mol. The van der Waals surface area contributed by atoms with E-state index in [1.54, 1.807) is 6.08 Å².